The van der Waals surface area contributed by atoms with Crippen LogP contribution < -0.4 is 9.64 Å². The Labute approximate surface area is 261 Å². The van der Waals surface area contributed by atoms with Crippen molar-refractivity contribution in [2.45, 2.75) is 50.5 Å². The van der Waals surface area contributed by atoms with Crippen LogP contribution in [0.4, 0.5) is 5.82 Å². The van der Waals surface area contributed by atoms with E-state index >= 15 is 0 Å². The molecule has 2 aromatic carbocycles. The van der Waals surface area contributed by atoms with Gasteiger partial charge in [0.15, 0.2) is 0 Å². The third kappa shape index (κ3) is 6.02. The van der Waals surface area contributed by atoms with Crippen LogP contribution in [0, 0.1) is 11.3 Å². The molecule has 9 nitrogen and oxygen atoms in total. The number of halogens is 2. The highest BCUT2D eigenvalue weighted by Gasteiger charge is 2.35. The number of nitriles is 1. The molecule has 6 rings (SSSR count). The number of amides is 1. The van der Waals surface area contributed by atoms with Gasteiger partial charge >= 0.3 is 6.01 Å². The lowest BCUT2D eigenvalue weighted by atomic mass is 9.94. The number of nitrogens with zero attached hydrogens (tertiary/aromatic N) is 6. The summed E-state index contributed by atoms with van der Waals surface area (Å²) in [5, 5.41) is 12.2. The molecule has 0 radical (unpaired) electrons. The van der Waals surface area contributed by atoms with Crippen molar-refractivity contribution in [3.05, 3.63) is 69.9 Å². The number of piperazine rings is 1. The molecule has 0 bridgehead atoms. The minimum Gasteiger partial charge on any atom is -0.462 e. The zero-order valence-corrected chi connectivity index (χ0v) is 25.7. The molecule has 3 aromatic rings. The summed E-state index contributed by atoms with van der Waals surface area (Å²) in [6.45, 7) is 6.77. The molecular formula is C32H34Cl2N6O3. The Hall–Kier alpha value is -3.42. The summed E-state index contributed by atoms with van der Waals surface area (Å²) in [6.07, 6.45) is 2.66. The van der Waals surface area contributed by atoms with Crippen LogP contribution in [0.15, 0.2) is 48.0 Å². The lowest BCUT2D eigenvalue weighted by molar-refractivity contribution is -0.129. The monoisotopic (exact) mass is 620 g/mol. The Morgan fingerprint density at radius 2 is 2.00 bits per heavy atom. The van der Waals surface area contributed by atoms with E-state index in [1.165, 1.54) is 0 Å². The van der Waals surface area contributed by atoms with Gasteiger partial charge in [0.25, 0.3) is 5.91 Å². The summed E-state index contributed by atoms with van der Waals surface area (Å²) >= 11 is 12.6. The van der Waals surface area contributed by atoms with Gasteiger partial charge in [0, 0.05) is 48.1 Å². The smallest absolute Gasteiger partial charge is 0.318 e. The van der Waals surface area contributed by atoms with Crippen LogP contribution >= 0.6 is 23.2 Å². The third-order valence-electron chi connectivity index (χ3n) is 8.77. The summed E-state index contributed by atoms with van der Waals surface area (Å²) in [5.41, 5.74) is 2.78. The van der Waals surface area contributed by atoms with Crippen molar-refractivity contribution in [2.75, 3.05) is 44.7 Å². The SMILES string of the molecule is C=C(Cl)C(=O)N1CCN(c2nc(OC[C@@H]3CCCN3C)nc3c2COC(c2cccc4cccc(Cl)c24)C3)C[C@@H]1CC#N. The second kappa shape index (κ2) is 12.7. The van der Waals surface area contributed by atoms with Gasteiger partial charge in [0.05, 0.1) is 42.0 Å². The van der Waals surface area contributed by atoms with Gasteiger partial charge in [-0.05, 0) is 43.5 Å². The van der Waals surface area contributed by atoms with E-state index in [2.05, 4.69) is 47.7 Å². The van der Waals surface area contributed by atoms with Crippen LogP contribution in [-0.2, 0) is 22.6 Å². The fraction of sp³-hybridized carbons (Fsp3) is 0.438. The van der Waals surface area contributed by atoms with Crippen LogP contribution in [-0.4, -0.2) is 77.6 Å². The number of fused-ring (bicyclic) bond motifs is 2. The van der Waals surface area contributed by atoms with Crippen molar-refractivity contribution < 1.29 is 14.3 Å². The van der Waals surface area contributed by atoms with Gasteiger partial charge in [0.1, 0.15) is 12.4 Å². The zero-order chi connectivity index (χ0) is 30.1. The number of likely N-dealkylation sites (N-methyl/N-ethyl adjacent to an activating group) is 1. The van der Waals surface area contributed by atoms with Crippen molar-refractivity contribution in [1.82, 2.24) is 19.8 Å². The maximum Gasteiger partial charge on any atom is 0.318 e. The molecule has 224 valence electrons. The lowest BCUT2D eigenvalue weighted by Gasteiger charge is -2.42. The summed E-state index contributed by atoms with van der Waals surface area (Å²) < 4.78 is 12.7. The van der Waals surface area contributed by atoms with E-state index in [1.807, 2.05) is 18.2 Å². The molecule has 2 fully saturated rings. The topological polar surface area (TPSA) is 94.8 Å². The average Bonchev–Trinajstić information content (AvgIpc) is 3.43. The normalized spacial score (nSPS) is 22.3. The summed E-state index contributed by atoms with van der Waals surface area (Å²) in [5.74, 6) is 0.366. The lowest BCUT2D eigenvalue weighted by Crippen LogP contribution is -2.55. The van der Waals surface area contributed by atoms with Crippen molar-refractivity contribution in [3.8, 4) is 12.1 Å². The molecular weight excluding hydrogens is 587 g/mol. The van der Waals surface area contributed by atoms with Gasteiger partial charge in [-0.3, -0.25) is 4.79 Å². The predicted molar refractivity (Wildman–Crippen MR) is 166 cm³/mol. The Balaban J connectivity index is 1.34. The first kappa shape index (κ1) is 29.6. The number of hydrogen-bond acceptors (Lipinski definition) is 8. The Kier molecular flexibility index (Phi) is 8.73. The number of carbonyl (C=O) groups excluding carboxylic acids is 1. The van der Waals surface area contributed by atoms with Crippen LogP contribution in [0.1, 0.15) is 42.2 Å². The van der Waals surface area contributed by atoms with E-state index in [4.69, 9.17) is 42.6 Å². The van der Waals surface area contributed by atoms with E-state index in [0.717, 1.165) is 47.0 Å². The van der Waals surface area contributed by atoms with Gasteiger partial charge in [-0.2, -0.15) is 15.2 Å². The standard InChI is InChI=1S/C32H34Cl2N6O3/c1-20(33)31(41)40-15-14-39(17-22(40)11-12-35)30-25-19-42-28(24-9-3-6-21-7-4-10-26(34)29(21)24)16-27(25)36-32(37-30)43-18-23-8-5-13-38(23)2/h3-4,6-7,9-10,22-23,28H,1,5,8,11,13-19H2,2H3/t22-,23-,28?/m0/s1. The highest BCUT2D eigenvalue weighted by Crippen LogP contribution is 2.39. The molecule has 43 heavy (non-hydrogen) atoms. The van der Waals surface area contributed by atoms with Crippen LogP contribution in [0.25, 0.3) is 10.8 Å². The molecule has 0 spiro atoms. The highest BCUT2D eigenvalue weighted by molar-refractivity contribution is 6.41. The molecule has 1 unspecified atom stereocenters. The molecule has 0 N–H and O–H groups in total. The second-order valence-electron chi connectivity index (χ2n) is 11.4. The Morgan fingerprint density at radius 1 is 1.19 bits per heavy atom. The molecule has 4 heterocycles. The highest BCUT2D eigenvalue weighted by atomic mass is 35.5. The number of carbonyl (C=O) groups is 1. The number of ether oxygens (including phenoxy) is 2. The molecule has 11 heteroatoms. The second-order valence-corrected chi connectivity index (χ2v) is 12.3. The van der Waals surface area contributed by atoms with Gasteiger partial charge in [-0.1, -0.05) is 60.1 Å². The molecule has 0 aliphatic carbocycles. The molecule has 3 atom stereocenters. The summed E-state index contributed by atoms with van der Waals surface area (Å²) in [6, 6.07) is 14.5. The van der Waals surface area contributed by atoms with E-state index < -0.39 is 0 Å². The largest absolute Gasteiger partial charge is 0.462 e. The molecule has 3 aliphatic rings. The summed E-state index contributed by atoms with van der Waals surface area (Å²) in [4.78, 5) is 28.6. The van der Waals surface area contributed by atoms with Crippen LogP contribution in [0.5, 0.6) is 6.01 Å². The van der Waals surface area contributed by atoms with E-state index in [9.17, 15) is 10.1 Å². The van der Waals surface area contributed by atoms with Gasteiger partial charge in [-0.25, -0.2) is 0 Å². The molecule has 1 aromatic heterocycles. The van der Waals surface area contributed by atoms with E-state index in [-0.39, 0.29) is 29.5 Å². The van der Waals surface area contributed by atoms with E-state index in [0.29, 0.717) is 62.2 Å². The van der Waals surface area contributed by atoms with Gasteiger partial charge < -0.3 is 24.2 Å². The number of anilines is 1. The quantitative estimate of drug-likeness (QED) is 0.330. The first-order valence-corrected chi connectivity index (χ1v) is 15.4. The molecule has 3 aliphatic heterocycles. The number of aromatic nitrogens is 2. The van der Waals surface area contributed by atoms with Crippen molar-refractivity contribution in [3.63, 3.8) is 0 Å². The first-order chi connectivity index (χ1) is 20.8. The number of rotatable bonds is 7. The van der Waals surface area contributed by atoms with Gasteiger partial charge in [-0.15, -0.1) is 0 Å². The van der Waals surface area contributed by atoms with Crippen LogP contribution in [0.3, 0.4) is 0 Å². The van der Waals surface area contributed by atoms with Crippen molar-refractivity contribution in [1.29, 1.82) is 5.26 Å². The number of hydrogen-bond donors (Lipinski definition) is 0. The molecule has 1 amide bonds. The van der Waals surface area contributed by atoms with Crippen molar-refractivity contribution >= 4 is 45.7 Å². The maximum atomic E-state index is 12.7. The number of likely N-dealkylation sites (tertiary alicyclic amines) is 1. The van der Waals surface area contributed by atoms with Gasteiger partial charge in [0.2, 0.25) is 0 Å². The predicted octanol–water partition coefficient (Wildman–Crippen LogP) is 5.25. The fourth-order valence-electron chi connectivity index (χ4n) is 6.46. The summed E-state index contributed by atoms with van der Waals surface area (Å²) in [7, 11) is 2.11. The number of benzene rings is 2. The maximum absolute atomic E-state index is 12.7. The Morgan fingerprint density at radius 3 is 2.74 bits per heavy atom. The average molecular weight is 622 g/mol. The third-order valence-corrected chi connectivity index (χ3v) is 9.25. The fourth-order valence-corrected chi connectivity index (χ4v) is 6.86. The molecule has 0 saturated carbocycles. The minimum atomic E-state index is -0.362. The van der Waals surface area contributed by atoms with Crippen LogP contribution in [0.2, 0.25) is 5.02 Å². The first-order valence-electron chi connectivity index (χ1n) is 14.6. The molecule has 2 saturated heterocycles. The van der Waals surface area contributed by atoms with E-state index in [1.54, 1.807) is 4.90 Å². The Bertz CT molecular complexity index is 1590. The zero-order valence-electron chi connectivity index (χ0n) is 24.1. The minimum absolute atomic E-state index is 0.0589. The van der Waals surface area contributed by atoms with Crippen molar-refractivity contribution in [2.24, 2.45) is 0 Å².